The van der Waals surface area contributed by atoms with Gasteiger partial charge in [-0.1, -0.05) is 25.7 Å². The van der Waals surface area contributed by atoms with Gasteiger partial charge >= 0.3 is 24.1 Å². The number of aliphatic carboxylic acids is 3. The highest BCUT2D eigenvalue weighted by molar-refractivity contribution is 5.92. The van der Waals surface area contributed by atoms with Crippen LogP contribution in [0.1, 0.15) is 32.6 Å². The summed E-state index contributed by atoms with van der Waals surface area (Å²) in [4.78, 5) is 34.3. The average molecular weight is 406 g/mol. The Hall–Kier alpha value is -2.62. The van der Waals surface area contributed by atoms with Gasteiger partial charge in [0.05, 0.1) is 19.1 Å². The Kier molecular flexibility index (Phi) is 7.57. The molecular formula is C18H21F3O7. The lowest BCUT2D eigenvalue weighted by Crippen LogP contribution is -2.31. The van der Waals surface area contributed by atoms with Gasteiger partial charge < -0.3 is 20.1 Å². The van der Waals surface area contributed by atoms with Gasteiger partial charge in [-0.3, -0.25) is 0 Å². The van der Waals surface area contributed by atoms with Crippen molar-refractivity contribution in [2.45, 2.75) is 44.9 Å². The van der Waals surface area contributed by atoms with E-state index in [1.807, 2.05) is 0 Å². The molecule has 3 N–H and O–H groups in total. The largest absolute Gasteiger partial charge is 0.478 e. The van der Waals surface area contributed by atoms with E-state index in [2.05, 4.69) is 6.58 Å². The summed E-state index contributed by atoms with van der Waals surface area (Å²) in [6.07, 6.45) is -5.80. The first kappa shape index (κ1) is 23.4. The Bertz CT molecular complexity index is 717. The highest BCUT2D eigenvalue weighted by Crippen LogP contribution is 2.44. The van der Waals surface area contributed by atoms with Crippen LogP contribution in [0.5, 0.6) is 0 Å². The molecule has 0 bridgehead atoms. The smallest absolute Gasteiger partial charge is 0.390 e. The number of hydrogen-bond donors (Lipinski definition) is 3. The lowest BCUT2D eigenvalue weighted by Gasteiger charge is -2.30. The second-order valence-corrected chi connectivity index (χ2v) is 6.41. The quantitative estimate of drug-likeness (QED) is 0.355. The minimum Gasteiger partial charge on any atom is -0.478 e. The highest BCUT2D eigenvalue weighted by Gasteiger charge is 2.45. The van der Waals surface area contributed by atoms with Crippen molar-refractivity contribution in [3.8, 4) is 0 Å². The van der Waals surface area contributed by atoms with E-state index in [0.717, 1.165) is 0 Å². The maximum Gasteiger partial charge on any atom is 0.390 e. The summed E-state index contributed by atoms with van der Waals surface area (Å²) in [5.41, 5.74) is -4.50. The molecule has 1 aliphatic rings. The zero-order valence-electron chi connectivity index (χ0n) is 15.1. The molecule has 0 amide bonds. The number of hydrogen-bond acceptors (Lipinski definition) is 4. The molecule has 1 saturated heterocycles. The fourth-order valence-corrected chi connectivity index (χ4v) is 2.68. The minimum atomic E-state index is -4.92. The Labute approximate surface area is 158 Å². The monoisotopic (exact) mass is 406 g/mol. The fraction of sp³-hybridized carbons (Fsp3) is 0.500. The van der Waals surface area contributed by atoms with Crippen LogP contribution in [0.25, 0.3) is 0 Å². The van der Waals surface area contributed by atoms with E-state index >= 15 is 0 Å². The normalized spacial score (nSPS) is 19.6. The third kappa shape index (κ3) is 6.84. The first-order valence-electron chi connectivity index (χ1n) is 8.32. The van der Waals surface area contributed by atoms with Crippen LogP contribution >= 0.6 is 0 Å². The SMILES string of the molecule is C=C(C(=O)O)C(C=C(CC)C(=O)O)(C=C(CCC1CO1)C(=O)O)CC(F)(F)F. The lowest BCUT2D eigenvalue weighted by atomic mass is 9.74. The number of epoxide rings is 1. The molecule has 0 aromatic rings. The zero-order valence-corrected chi connectivity index (χ0v) is 15.1. The molecule has 0 radical (unpaired) electrons. The van der Waals surface area contributed by atoms with Gasteiger partial charge in [-0.2, -0.15) is 13.2 Å². The van der Waals surface area contributed by atoms with Gasteiger partial charge in [0, 0.05) is 22.1 Å². The maximum atomic E-state index is 13.3. The van der Waals surface area contributed by atoms with Crippen molar-refractivity contribution in [2.75, 3.05) is 6.61 Å². The Morgan fingerprint density at radius 2 is 1.57 bits per heavy atom. The van der Waals surface area contributed by atoms with E-state index < -0.39 is 52.6 Å². The summed E-state index contributed by atoms with van der Waals surface area (Å²) >= 11 is 0. The van der Waals surface area contributed by atoms with Crippen LogP contribution in [-0.4, -0.2) is 52.1 Å². The summed E-state index contributed by atoms with van der Waals surface area (Å²) in [7, 11) is 0. The summed E-state index contributed by atoms with van der Waals surface area (Å²) in [6, 6.07) is 0. The molecule has 1 aliphatic heterocycles. The predicted molar refractivity (Wildman–Crippen MR) is 90.6 cm³/mol. The summed E-state index contributed by atoms with van der Waals surface area (Å²) in [5, 5.41) is 27.9. The maximum absolute atomic E-state index is 13.3. The van der Waals surface area contributed by atoms with Crippen LogP contribution in [-0.2, 0) is 19.1 Å². The first-order valence-corrected chi connectivity index (χ1v) is 8.32. The molecule has 0 aliphatic carbocycles. The number of alkyl halides is 3. The summed E-state index contributed by atoms with van der Waals surface area (Å²) < 4.78 is 44.8. The molecule has 2 atom stereocenters. The van der Waals surface area contributed by atoms with Gasteiger partial charge in [0.15, 0.2) is 0 Å². The molecule has 0 spiro atoms. The molecule has 10 heteroatoms. The van der Waals surface area contributed by atoms with Gasteiger partial charge in [0.2, 0.25) is 0 Å². The summed E-state index contributed by atoms with van der Waals surface area (Å²) in [6.45, 7) is 4.95. The van der Waals surface area contributed by atoms with Crippen molar-refractivity contribution in [1.29, 1.82) is 0 Å². The number of halogens is 3. The Balaban J connectivity index is 3.64. The van der Waals surface area contributed by atoms with Crippen LogP contribution in [0, 0.1) is 5.41 Å². The van der Waals surface area contributed by atoms with Crippen LogP contribution in [0.4, 0.5) is 13.2 Å². The molecular weight excluding hydrogens is 385 g/mol. The topological polar surface area (TPSA) is 124 Å². The second-order valence-electron chi connectivity index (χ2n) is 6.41. The summed E-state index contributed by atoms with van der Waals surface area (Å²) in [5.74, 6) is -4.87. The van der Waals surface area contributed by atoms with Crippen LogP contribution in [0.3, 0.4) is 0 Å². The van der Waals surface area contributed by atoms with Crippen molar-refractivity contribution in [3.05, 3.63) is 35.5 Å². The van der Waals surface area contributed by atoms with Crippen molar-refractivity contribution in [2.24, 2.45) is 5.41 Å². The zero-order chi connectivity index (χ0) is 21.7. The van der Waals surface area contributed by atoms with E-state index in [4.69, 9.17) is 4.74 Å². The minimum absolute atomic E-state index is 0.172. The number of carboxylic acid groups (broad SMARTS) is 3. The number of carbonyl (C=O) groups is 3. The molecule has 0 saturated carbocycles. The number of ether oxygens (including phenoxy) is 1. The van der Waals surface area contributed by atoms with Gasteiger partial charge in [-0.25, -0.2) is 14.4 Å². The van der Waals surface area contributed by atoms with Crippen molar-refractivity contribution >= 4 is 17.9 Å². The Morgan fingerprint density at radius 3 is 1.93 bits per heavy atom. The number of carboxylic acids is 3. The molecule has 1 fully saturated rings. The van der Waals surface area contributed by atoms with Gasteiger partial charge in [-0.05, 0) is 19.3 Å². The van der Waals surface area contributed by atoms with E-state index in [1.54, 1.807) is 0 Å². The highest BCUT2D eigenvalue weighted by atomic mass is 19.4. The van der Waals surface area contributed by atoms with Gasteiger partial charge in [0.25, 0.3) is 0 Å². The van der Waals surface area contributed by atoms with E-state index in [1.165, 1.54) is 6.92 Å². The van der Waals surface area contributed by atoms with Crippen LogP contribution in [0.15, 0.2) is 35.5 Å². The van der Waals surface area contributed by atoms with Crippen molar-refractivity contribution < 1.29 is 47.6 Å². The lowest BCUT2D eigenvalue weighted by molar-refractivity contribution is -0.149. The molecule has 0 aromatic heterocycles. The molecule has 156 valence electrons. The Morgan fingerprint density at radius 1 is 1.07 bits per heavy atom. The standard InChI is InChI=1S/C18H21F3O7/c1-3-11(15(24)25)6-17(9-18(19,20)21,10(2)14(22)23)7-12(16(26)27)4-5-13-8-28-13/h6-7,13H,2-5,8-9H2,1H3,(H,22,23)(H,24,25)(H,26,27). The van der Waals surface area contributed by atoms with E-state index in [9.17, 15) is 42.9 Å². The molecule has 7 nitrogen and oxygen atoms in total. The predicted octanol–water partition coefficient (Wildman–Crippen LogP) is 3.18. The van der Waals surface area contributed by atoms with Crippen molar-refractivity contribution in [3.63, 3.8) is 0 Å². The van der Waals surface area contributed by atoms with Crippen LogP contribution < -0.4 is 0 Å². The van der Waals surface area contributed by atoms with Gasteiger partial charge in [0.1, 0.15) is 0 Å². The molecule has 2 unspecified atom stereocenters. The first-order chi connectivity index (χ1) is 12.8. The molecule has 0 aromatic carbocycles. The average Bonchev–Trinajstić information content (AvgIpc) is 3.37. The van der Waals surface area contributed by atoms with E-state index in [-0.39, 0.29) is 25.4 Å². The molecule has 28 heavy (non-hydrogen) atoms. The van der Waals surface area contributed by atoms with E-state index in [0.29, 0.717) is 18.8 Å². The van der Waals surface area contributed by atoms with Crippen LogP contribution in [0.2, 0.25) is 0 Å². The van der Waals surface area contributed by atoms with Crippen molar-refractivity contribution in [1.82, 2.24) is 0 Å². The number of allylic oxidation sites excluding steroid dienone is 2. The third-order valence-electron chi connectivity index (χ3n) is 4.24. The fourth-order valence-electron chi connectivity index (χ4n) is 2.68. The third-order valence-corrected chi connectivity index (χ3v) is 4.24. The second kappa shape index (κ2) is 9.05. The number of rotatable bonds is 11. The molecule has 1 rings (SSSR count). The molecule has 1 heterocycles. The van der Waals surface area contributed by atoms with Gasteiger partial charge in [-0.15, -0.1) is 0 Å².